The average molecular weight is 388 g/mol. The monoisotopic (exact) mass is 387 g/mol. The molecule has 3 aromatic rings. The van der Waals surface area contributed by atoms with Crippen molar-refractivity contribution in [2.75, 3.05) is 31.6 Å². The number of H-pyrrole nitrogens is 1. The second-order valence-electron chi connectivity index (χ2n) is 6.97. The first-order chi connectivity index (χ1) is 13.0. The smallest absolute Gasteiger partial charge is 0.244 e. The summed E-state index contributed by atoms with van der Waals surface area (Å²) in [6.07, 6.45) is 3.49. The van der Waals surface area contributed by atoms with Crippen molar-refractivity contribution in [1.82, 2.24) is 14.9 Å². The molecule has 7 nitrogen and oxygen atoms in total. The maximum atomic E-state index is 13.0. The number of ether oxygens (including phenoxy) is 1. The Morgan fingerprint density at radius 2 is 2.37 bits per heavy atom. The van der Waals surface area contributed by atoms with E-state index in [-0.39, 0.29) is 18.0 Å². The summed E-state index contributed by atoms with van der Waals surface area (Å²) in [7, 11) is 0. The maximum Gasteiger partial charge on any atom is 0.244 e. The molecule has 1 fully saturated rings. The van der Waals surface area contributed by atoms with Crippen LogP contribution in [0.1, 0.15) is 6.92 Å². The topological polar surface area (TPSA) is 96.3 Å². The number of carbonyl (C=O) groups is 1. The Morgan fingerprint density at radius 3 is 3.19 bits per heavy atom. The molecule has 0 aliphatic carbocycles. The molecule has 1 aliphatic rings. The number of carbonyl (C=O) groups excluding carboxylic acids is 1. The van der Waals surface area contributed by atoms with Crippen molar-refractivity contribution < 1.29 is 9.53 Å². The van der Waals surface area contributed by atoms with E-state index < -0.39 is 0 Å². The molecule has 0 unspecified atom stereocenters. The van der Waals surface area contributed by atoms with Crippen LogP contribution in [0.5, 0.6) is 0 Å². The number of hydrogen-bond donors (Lipinski definition) is 3. The first kappa shape index (κ1) is 18.2. The normalized spacial score (nSPS) is 19.4. The van der Waals surface area contributed by atoms with Crippen LogP contribution in [0.15, 0.2) is 30.6 Å². The van der Waals surface area contributed by atoms with E-state index in [1.807, 2.05) is 19.1 Å². The van der Waals surface area contributed by atoms with Crippen molar-refractivity contribution in [3.8, 4) is 0 Å². The minimum absolute atomic E-state index is 0.0162. The van der Waals surface area contributed by atoms with Crippen molar-refractivity contribution in [3.05, 3.63) is 35.6 Å². The van der Waals surface area contributed by atoms with Gasteiger partial charge in [0, 0.05) is 41.1 Å². The molecule has 142 valence electrons. The van der Waals surface area contributed by atoms with Crippen LogP contribution in [-0.4, -0.2) is 59.2 Å². The minimum atomic E-state index is -0.384. The highest BCUT2D eigenvalue weighted by Gasteiger charge is 2.30. The summed E-state index contributed by atoms with van der Waals surface area (Å²) in [5, 5.41) is 5.54. The lowest BCUT2D eigenvalue weighted by molar-refractivity contribution is -0.127. The van der Waals surface area contributed by atoms with Gasteiger partial charge in [0.1, 0.15) is 6.04 Å². The number of benzene rings is 1. The summed E-state index contributed by atoms with van der Waals surface area (Å²) in [5.41, 5.74) is 8.30. The molecule has 1 aliphatic heterocycles. The molecule has 2 atom stereocenters. The van der Waals surface area contributed by atoms with Gasteiger partial charge in [-0.3, -0.25) is 14.7 Å². The van der Waals surface area contributed by atoms with Crippen LogP contribution in [0.3, 0.4) is 0 Å². The van der Waals surface area contributed by atoms with Gasteiger partial charge < -0.3 is 20.8 Å². The molecule has 1 amide bonds. The Kier molecular flexibility index (Phi) is 5.01. The van der Waals surface area contributed by atoms with E-state index in [1.54, 1.807) is 18.5 Å². The Bertz CT molecular complexity index is 987. The quantitative estimate of drug-likeness (QED) is 0.638. The maximum absolute atomic E-state index is 13.0. The molecular formula is C19H22ClN5O2. The van der Waals surface area contributed by atoms with Crippen molar-refractivity contribution in [1.29, 1.82) is 0 Å². The van der Waals surface area contributed by atoms with E-state index >= 15 is 0 Å². The predicted octanol–water partition coefficient (Wildman–Crippen LogP) is 2.36. The van der Waals surface area contributed by atoms with Gasteiger partial charge >= 0.3 is 0 Å². The fourth-order valence-electron chi connectivity index (χ4n) is 3.60. The fraction of sp³-hybridized carbons (Fsp3) is 0.368. The lowest BCUT2D eigenvalue weighted by Crippen LogP contribution is -2.54. The number of anilines is 1. The molecule has 3 heterocycles. The fourth-order valence-corrected chi connectivity index (χ4v) is 3.82. The van der Waals surface area contributed by atoms with Crippen LogP contribution in [0, 0.1) is 0 Å². The van der Waals surface area contributed by atoms with Gasteiger partial charge in [0.2, 0.25) is 5.91 Å². The molecule has 0 radical (unpaired) electrons. The molecule has 2 aromatic heterocycles. The van der Waals surface area contributed by atoms with E-state index in [9.17, 15) is 4.79 Å². The van der Waals surface area contributed by atoms with Gasteiger partial charge in [-0.15, -0.1) is 0 Å². The largest absolute Gasteiger partial charge is 0.378 e. The third kappa shape index (κ3) is 3.64. The predicted molar refractivity (Wildman–Crippen MR) is 107 cm³/mol. The van der Waals surface area contributed by atoms with Crippen LogP contribution in [0.25, 0.3) is 21.8 Å². The van der Waals surface area contributed by atoms with E-state index in [1.165, 1.54) is 0 Å². The van der Waals surface area contributed by atoms with Gasteiger partial charge in [-0.05, 0) is 25.1 Å². The summed E-state index contributed by atoms with van der Waals surface area (Å²) in [4.78, 5) is 22.5. The van der Waals surface area contributed by atoms with E-state index in [0.29, 0.717) is 37.0 Å². The number of halogens is 1. The number of nitrogens with two attached hydrogens (primary N) is 1. The first-order valence-electron chi connectivity index (χ1n) is 8.96. The molecule has 0 bridgehead atoms. The summed E-state index contributed by atoms with van der Waals surface area (Å²) >= 11 is 6.32. The number of rotatable bonds is 4. The highest BCUT2D eigenvalue weighted by molar-refractivity contribution is 6.32. The standard InChI is InChI=1S/C19H22ClN5O2/c1-11(21)9-25-4-5-27-10-17(25)19(26)24-15-7-12(20)6-14-13-2-3-22-8-16(13)23-18(14)15/h2-3,6-8,11,17,23H,4-5,9-10,21H2,1H3,(H,24,26)/t11-,17+/m1/s1. The van der Waals surface area contributed by atoms with Gasteiger partial charge in [-0.25, -0.2) is 0 Å². The lowest BCUT2D eigenvalue weighted by Gasteiger charge is -2.35. The Hall–Kier alpha value is -2.19. The zero-order chi connectivity index (χ0) is 19.0. The van der Waals surface area contributed by atoms with Gasteiger partial charge in [0.25, 0.3) is 0 Å². The van der Waals surface area contributed by atoms with Crippen molar-refractivity contribution >= 4 is 45.0 Å². The van der Waals surface area contributed by atoms with E-state index in [0.717, 1.165) is 21.8 Å². The van der Waals surface area contributed by atoms with Crippen molar-refractivity contribution in [2.24, 2.45) is 5.73 Å². The number of morpholine rings is 1. The molecule has 4 N–H and O–H groups in total. The number of aromatic nitrogens is 2. The van der Waals surface area contributed by atoms with Crippen molar-refractivity contribution in [2.45, 2.75) is 19.0 Å². The molecule has 0 saturated carbocycles. The van der Waals surface area contributed by atoms with E-state index in [2.05, 4.69) is 20.2 Å². The molecule has 1 aromatic carbocycles. The Labute approximate surface area is 161 Å². The number of amides is 1. The molecule has 27 heavy (non-hydrogen) atoms. The number of aromatic amines is 1. The number of fused-ring (bicyclic) bond motifs is 3. The molecule has 4 rings (SSSR count). The van der Waals surface area contributed by atoms with Gasteiger partial charge in [-0.1, -0.05) is 11.6 Å². The van der Waals surface area contributed by atoms with Gasteiger partial charge in [0.15, 0.2) is 0 Å². The summed E-state index contributed by atoms with van der Waals surface area (Å²) in [5.74, 6) is -0.129. The third-order valence-electron chi connectivity index (χ3n) is 4.80. The number of nitrogens with zero attached hydrogens (tertiary/aromatic N) is 2. The van der Waals surface area contributed by atoms with Crippen LogP contribution in [-0.2, 0) is 9.53 Å². The molecule has 8 heteroatoms. The second kappa shape index (κ2) is 7.44. The van der Waals surface area contributed by atoms with Crippen molar-refractivity contribution in [3.63, 3.8) is 0 Å². The number of nitrogens with one attached hydrogen (secondary N) is 2. The highest BCUT2D eigenvalue weighted by Crippen LogP contribution is 2.33. The second-order valence-corrected chi connectivity index (χ2v) is 7.41. The SMILES string of the molecule is C[C@@H](N)CN1CCOC[C@H]1C(=O)Nc1cc(Cl)cc2c1[nH]c1cnccc12. The minimum Gasteiger partial charge on any atom is -0.378 e. The molecule has 1 saturated heterocycles. The summed E-state index contributed by atoms with van der Waals surface area (Å²) < 4.78 is 5.53. The van der Waals surface area contributed by atoms with E-state index in [4.69, 9.17) is 22.1 Å². The van der Waals surface area contributed by atoms with Gasteiger partial charge in [-0.2, -0.15) is 0 Å². The third-order valence-corrected chi connectivity index (χ3v) is 5.01. The first-order valence-corrected chi connectivity index (χ1v) is 9.34. The number of hydrogen-bond acceptors (Lipinski definition) is 5. The van der Waals surface area contributed by atoms with Crippen LogP contribution >= 0.6 is 11.6 Å². The summed E-state index contributed by atoms with van der Waals surface area (Å²) in [6, 6.07) is 5.17. The van der Waals surface area contributed by atoms with Crippen LogP contribution < -0.4 is 11.1 Å². The zero-order valence-corrected chi connectivity index (χ0v) is 15.8. The average Bonchev–Trinajstić information content (AvgIpc) is 3.00. The Balaban J connectivity index is 1.67. The number of pyridine rings is 1. The molecule has 0 spiro atoms. The van der Waals surface area contributed by atoms with Crippen LogP contribution in [0.4, 0.5) is 5.69 Å². The molecular weight excluding hydrogens is 366 g/mol. The summed E-state index contributed by atoms with van der Waals surface area (Å²) in [6.45, 7) is 4.21. The lowest BCUT2D eigenvalue weighted by atomic mass is 10.1. The highest BCUT2D eigenvalue weighted by atomic mass is 35.5. The van der Waals surface area contributed by atoms with Gasteiger partial charge in [0.05, 0.1) is 36.1 Å². The van der Waals surface area contributed by atoms with Crippen LogP contribution in [0.2, 0.25) is 5.02 Å². The zero-order valence-electron chi connectivity index (χ0n) is 15.0. The Morgan fingerprint density at radius 1 is 1.52 bits per heavy atom.